The monoisotopic (exact) mass is 209 g/mol. The van der Waals surface area contributed by atoms with Crippen molar-refractivity contribution < 1.29 is 23.1 Å². The standard InChI is InChI=1S/C6H12NO5P/c1-10-13(9,11-2)5-7-3-6(8)12-4-7/h3-5H2,1-2H3. The highest BCUT2D eigenvalue weighted by Crippen LogP contribution is 2.46. The van der Waals surface area contributed by atoms with Gasteiger partial charge in [-0.05, 0) is 0 Å². The largest absolute Gasteiger partial charge is 0.449 e. The van der Waals surface area contributed by atoms with E-state index in [4.69, 9.17) is 9.05 Å². The van der Waals surface area contributed by atoms with Gasteiger partial charge in [0.05, 0.1) is 0 Å². The normalized spacial score (nSPS) is 19.1. The zero-order valence-corrected chi connectivity index (χ0v) is 8.45. The van der Waals surface area contributed by atoms with Gasteiger partial charge in [0.25, 0.3) is 0 Å². The van der Waals surface area contributed by atoms with E-state index < -0.39 is 7.60 Å². The van der Waals surface area contributed by atoms with Gasteiger partial charge in [-0.3, -0.25) is 9.36 Å². The molecular weight excluding hydrogens is 197 g/mol. The molecule has 76 valence electrons. The quantitative estimate of drug-likeness (QED) is 0.488. The zero-order chi connectivity index (χ0) is 9.90. The van der Waals surface area contributed by atoms with E-state index in [1.807, 2.05) is 0 Å². The molecule has 0 saturated carbocycles. The minimum absolute atomic E-state index is 0.0751. The molecule has 13 heavy (non-hydrogen) atoms. The first-order chi connectivity index (χ1) is 6.09. The molecule has 1 saturated heterocycles. The van der Waals surface area contributed by atoms with E-state index in [9.17, 15) is 9.36 Å². The molecule has 0 aliphatic carbocycles. The van der Waals surface area contributed by atoms with Crippen LogP contribution in [0.25, 0.3) is 0 Å². The van der Waals surface area contributed by atoms with E-state index in [2.05, 4.69) is 4.74 Å². The molecule has 1 rings (SSSR count). The third kappa shape index (κ3) is 2.77. The Kier molecular flexibility index (Phi) is 3.44. The summed E-state index contributed by atoms with van der Waals surface area (Å²) in [6, 6.07) is 0. The Labute approximate surface area is 76.3 Å². The van der Waals surface area contributed by atoms with Crippen LogP contribution in [0.1, 0.15) is 0 Å². The van der Waals surface area contributed by atoms with Gasteiger partial charge in [0, 0.05) is 14.2 Å². The van der Waals surface area contributed by atoms with Crippen LogP contribution >= 0.6 is 7.60 Å². The van der Waals surface area contributed by atoms with Crippen LogP contribution in [-0.4, -0.2) is 44.7 Å². The van der Waals surface area contributed by atoms with Crippen LogP contribution in [0.2, 0.25) is 0 Å². The Morgan fingerprint density at radius 3 is 2.54 bits per heavy atom. The first kappa shape index (κ1) is 10.7. The second-order valence-corrected chi connectivity index (χ2v) is 4.83. The topological polar surface area (TPSA) is 65.1 Å². The van der Waals surface area contributed by atoms with Crippen LogP contribution < -0.4 is 0 Å². The highest BCUT2D eigenvalue weighted by Gasteiger charge is 2.30. The summed E-state index contributed by atoms with van der Waals surface area (Å²) >= 11 is 0. The number of hydrogen-bond acceptors (Lipinski definition) is 6. The van der Waals surface area contributed by atoms with E-state index in [0.29, 0.717) is 0 Å². The molecule has 1 heterocycles. The lowest BCUT2D eigenvalue weighted by atomic mass is 10.6. The molecule has 0 spiro atoms. The summed E-state index contributed by atoms with van der Waals surface area (Å²) in [4.78, 5) is 12.2. The highest BCUT2D eigenvalue weighted by atomic mass is 31.2. The molecule has 1 fully saturated rings. The fourth-order valence-electron chi connectivity index (χ4n) is 0.963. The first-order valence-electron chi connectivity index (χ1n) is 3.68. The molecule has 0 N–H and O–H groups in total. The summed E-state index contributed by atoms with van der Waals surface area (Å²) in [6.45, 7) is 0.284. The molecule has 0 atom stereocenters. The van der Waals surface area contributed by atoms with Crippen LogP contribution in [0.4, 0.5) is 0 Å². The van der Waals surface area contributed by atoms with Crippen molar-refractivity contribution >= 4 is 13.6 Å². The Morgan fingerprint density at radius 2 is 2.15 bits per heavy atom. The summed E-state index contributed by atoms with van der Waals surface area (Å²) in [5, 5.41) is 0. The maximum Gasteiger partial charge on any atom is 0.344 e. The summed E-state index contributed by atoms with van der Waals surface area (Å²) in [5.41, 5.74) is 0. The van der Waals surface area contributed by atoms with Gasteiger partial charge < -0.3 is 13.8 Å². The van der Waals surface area contributed by atoms with Crippen LogP contribution in [-0.2, 0) is 23.1 Å². The number of ether oxygens (including phenoxy) is 1. The number of nitrogens with zero attached hydrogens (tertiary/aromatic N) is 1. The van der Waals surface area contributed by atoms with E-state index in [0.717, 1.165) is 0 Å². The van der Waals surface area contributed by atoms with E-state index in [-0.39, 0.29) is 25.5 Å². The first-order valence-corrected chi connectivity index (χ1v) is 5.41. The van der Waals surface area contributed by atoms with E-state index >= 15 is 0 Å². The van der Waals surface area contributed by atoms with Crippen LogP contribution in [0.3, 0.4) is 0 Å². The van der Waals surface area contributed by atoms with Gasteiger partial charge >= 0.3 is 13.6 Å². The van der Waals surface area contributed by atoms with Gasteiger partial charge in [-0.15, -0.1) is 0 Å². The molecule has 0 amide bonds. The molecule has 1 aliphatic heterocycles. The van der Waals surface area contributed by atoms with Crippen molar-refractivity contribution in [3.8, 4) is 0 Å². The zero-order valence-electron chi connectivity index (χ0n) is 7.56. The summed E-state index contributed by atoms with van der Waals surface area (Å²) < 4.78 is 25.6. The van der Waals surface area contributed by atoms with E-state index in [1.54, 1.807) is 4.90 Å². The Bertz CT molecular complexity index is 235. The van der Waals surface area contributed by atoms with Crippen molar-refractivity contribution in [2.75, 3.05) is 33.8 Å². The molecule has 0 unspecified atom stereocenters. The van der Waals surface area contributed by atoms with Crippen molar-refractivity contribution in [3.63, 3.8) is 0 Å². The number of carbonyl (C=O) groups excluding carboxylic acids is 1. The fraction of sp³-hybridized carbons (Fsp3) is 0.833. The minimum Gasteiger partial charge on any atom is -0.449 e. The third-order valence-electron chi connectivity index (χ3n) is 1.69. The Balaban J connectivity index is 2.48. The molecule has 6 nitrogen and oxygen atoms in total. The molecule has 0 aromatic rings. The molecular formula is C6H12NO5P. The maximum absolute atomic E-state index is 11.6. The Morgan fingerprint density at radius 1 is 1.54 bits per heavy atom. The lowest BCUT2D eigenvalue weighted by molar-refractivity contribution is -0.136. The van der Waals surface area contributed by atoms with Crippen LogP contribution in [0.15, 0.2) is 0 Å². The van der Waals surface area contributed by atoms with Crippen molar-refractivity contribution in [1.82, 2.24) is 4.90 Å². The van der Waals surface area contributed by atoms with Gasteiger partial charge in [-0.2, -0.15) is 0 Å². The number of hydrogen-bond donors (Lipinski definition) is 0. The molecule has 0 radical (unpaired) electrons. The van der Waals surface area contributed by atoms with Crippen molar-refractivity contribution in [1.29, 1.82) is 0 Å². The summed E-state index contributed by atoms with van der Waals surface area (Å²) in [5.74, 6) is -0.321. The second kappa shape index (κ2) is 4.19. The lowest BCUT2D eigenvalue weighted by Gasteiger charge is -2.18. The predicted molar refractivity (Wildman–Crippen MR) is 44.2 cm³/mol. The fourth-order valence-corrected chi connectivity index (χ4v) is 2.01. The molecule has 7 heteroatoms. The van der Waals surface area contributed by atoms with Crippen molar-refractivity contribution in [2.45, 2.75) is 0 Å². The van der Waals surface area contributed by atoms with Gasteiger partial charge in [-0.25, -0.2) is 4.90 Å². The molecule has 0 bridgehead atoms. The van der Waals surface area contributed by atoms with E-state index in [1.165, 1.54) is 14.2 Å². The molecule has 1 aliphatic rings. The minimum atomic E-state index is -3.06. The number of cyclic esters (lactones) is 1. The number of rotatable bonds is 4. The number of esters is 1. The molecule has 0 aromatic carbocycles. The average Bonchev–Trinajstić information content (AvgIpc) is 2.51. The van der Waals surface area contributed by atoms with Crippen LogP contribution in [0, 0.1) is 0 Å². The average molecular weight is 209 g/mol. The second-order valence-electron chi connectivity index (χ2n) is 2.59. The summed E-state index contributed by atoms with van der Waals surface area (Å²) in [6.07, 6.45) is 0.0751. The maximum atomic E-state index is 11.6. The third-order valence-corrected chi connectivity index (χ3v) is 3.55. The molecule has 0 aromatic heterocycles. The van der Waals surface area contributed by atoms with Crippen molar-refractivity contribution in [3.05, 3.63) is 0 Å². The van der Waals surface area contributed by atoms with Gasteiger partial charge in [0.2, 0.25) is 0 Å². The SMILES string of the molecule is COP(=O)(CN1COC(=O)C1)OC. The van der Waals surface area contributed by atoms with Gasteiger partial charge in [0.15, 0.2) is 0 Å². The van der Waals surface area contributed by atoms with Gasteiger partial charge in [-0.1, -0.05) is 0 Å². The number of carbonyl (C=O) groups is 1. The predicted octanol–water partition coefficient (Wildman–Crippen LogP) is 0.246. The summed E-state index contributed by atoms with van der Waals surface area (Å²) in [7, 11) is -0.446. The highest BCUT2D eigenvalue weighted by molar-refractivity contribution is 7.53. The van der Waals surface area contributed by atoms with Gasteiger partial charge in [0.1, 0.15) is 19.6 Å². The van der Waals surface area contributed by atoms with Crippen LogP contribution in [0.5, 0.6) is 0 Å². The lowest BCUT2D eigenvalue weighted by Crippen LogP contribution is -2.22. The smallest absolute Gasteiger partial charge is 0.344 e. The van der Waals surface area contributed by atoms with Crippen molar-refractivity contribution in [2.24, 2.45) is 0 Å². The Hall–Kier alpha value is -0.420.